The molecule has 190 valence electrons. The second-order valence-corrected chi connectivity index (χ2v) is 9.17. The molecule has 0 radical (unpaired) electrons. The van der Waals surface area contributed by atoms with Crippen LogP contribution in [0.3, 0.4) is 0 Å². The first-order valence-electron chi connectivity index (χ1n) is 11.8. The first kappa shape index (κ1) is 27.2. The summed E-state index contributed by atoms with van der Waals surface area (Å²) in [6.45, 7) is 7.48. The zero-order valence-electron chi connectivity index (χ0n) is 20.4. The number of piperazine rings is 1. The molecule has 0 spiro atoms. The van der Waals surface area contributed by atoms with Gasteiger partial charge in [0.05, 0.1) is 28.7 Å². The van der Waals surface area contributed by atoms with Gasteiger partial charge in [-0.25, -0.2) is 9.97 Å². The molecule has 1 aromatic carbocycles. The van der Waals surface area contributed by atoms with Crippen LogP contribution < -0.4 is 10.2 Å². The molecule has 2 aromatic heterocycles. The van der Waals surface area contributed by atoms with E-state index in [4.69, 9.17) is 4.98 Å². The minimum absolute atomic E-state index is 0.421. The van der Waals surface area contributed by atoms with E-state index in [0.29, 0.717) is 10.8 Å². The summed E-state index contributed by atoms with van der Waals surface area (Å²) in [6, 6.07) is 6.80. The van der Waals surface area contributed by atoms with Gasteiger partial charge in [0.15, 0.2) is 0 Å². The number of benzene rings is 1. The van der Waals surface area contributed by atoms with E-state index in [9.17, 15) is 13.2 Å². The Labute approximate surface area is 210 Å². The van der Waals surface area contributed by atoms with Gasteiger partial charge in [0, 0.05) is 37.0 Å². The molecule has 3 heterocycles. The first-order chi connectivity index (χ1) is 16.7. The van der Waals surface area contributed by atoms with Crippen molar-refractivity contribution in [3.63, 3.8) is 0 Å². The predicted molar refractivity (Wildman–Crippen MR) is 137 cm³/mol. The van der Waals surface area contributed by atoms with Gasteiger partial charge in [-0.3, -0.25) is 4.98 Å². The standard InChI is InChI=1S/C18H28N6.C7H5F3S/c1-4-14(5-6-19-2)17-18-16(21-13-22-17)11-15(12-20-18)24-9-7-23(3)8-10-24;8-7(9,10)5-1-3-6(11)4-2-5/h11-14,19H,4-10H2,1-3H3;1-4,11H. The summed E-state index contributed by atoms with van der Waals surface area (Å²) in [5.74, 6) is 0.421. The number of aromatic nitrogens is 3. The van der Waals surface area contributed by atoms with Crippen LogP contribution in [0.4, 0.5) is 18.9 Å². The van der Waals surface area contributed by atoms with Gasteiger partial charge < -0.3 is 15.1 Å². The van der Waals surface area contributed by atoms with Crippen LogP contribution in [0.15, 0.2) is 47.8 Å². The number of alkyl halides is 3. The minimum atomic E-state index is -4.25. The molecule has 1 unspecified atom stereocenters. The van der Waals surface area contributed by atoms with Crippen molar-refractivity contribution in [2.45, 2.75) is 36.8 Å². The number of halogens is 3. The van der Waals surface area contributed by atoms with Crippen LogP contribution in [0.2, 0.25) is 0 Å². The highest BCUT2D eigenvalue weighted by Crippen LogP contribution is 2.30. The molecule has 35 heavy (non-hydrogen) atoms. The molecule has 10 heteroatoms. The lowest BCUT2D eigenvalue weighted by Crippen LogP contribution is -2.44. The van der Waals surface area contributed by atoms with Crippen molar-refractivity contribution < 1.29 is 13.2 Å². The average Bonchev–Trinajstić information content (AvgIpc) is 2.85. The zero-order valence-corrected chi connectivity index (χ0v) is 21.3. The number of hydrogen-bond acceptors (Lipinski definition) is 7. The third-order valence-corrected chi connectivity index (χ3v) is 6.47. The molecule has 6 nitrogen and oxygen atoms in total. The quantitative estimate of drug-likeness (QED) is 0.465. The monoisotopic (exact) mass is 506 g/mol. The van der Waals surface area contributed by atoms with Gasteiger partial charge in [-0.1, -0.05) is 6.92 Å². The van der Waals surface area contributed by atoms with Crippen LogP contribution in [0.5, 0.6) is 0 Å². The molecular weight excluding hydrogens is 473 g/mol. The van der Waals surface area contributed by atoms with E-state index in [1.165, 1.54) is 17.8 Å². The summed E-state index contributed by atoms with van der Waals surface area (Å²) in [5, 5.41) is 3.23. The topological polar surface area (TPSA) is 57.2 Å². The van der Waals surface area contributed by atoms with E-state index < -0.39 is 11.7 Å². The summed E-state index contributed by atoms with van der Waals surface area (Å²) in [7, 11) is 4.16. The normalized spacial score (nSPS) is 15.6. The van der Waals surface area contributed by atoms with Gasteiger partial charge in [-0.2, -0.15) is 13.2 Å². The molecule has 0 bridgehead atoms. The lowest BCUT2D eigenvalue weighted by atomic mass is 9.96. The van der Waals surface area contributed by atoms with Crippen molar-refractivity contribution in [3.05, 3.63) is 54.1 Å². The van der Waals surface area contributed by atoms with Crippen molar-refractivity contribution in [2.24, 2.45) is 0 Å². The van der Waals surface area contributed by atoms with Crippen molar-refractivity contribution >= 4 is 29.3 Å². The second-order valence-electron chi connectivity index (χ2n) is 8.65. The molecule has 1 aliphatic rings. The Morgan fingerprint density at radius 1 is 1.06 bits per heavy atom. The first-order valence-corrected chi connectivity index (χ1v) is 12.2. The number of rotatable bonds is 6. The fourth-order valence-electron chi connectivity index (χ4n) is 3.99. The van der Waals surface area contributed by atoms with E-state index in [0.717, 1.165) is 74.4 Å². The number of pyridine rings is 1. The summed E-state index contributed by atoms with van der Waals surface area (Å²) in [5.41, 5.74) is 3.53. The third kappa shape index (κ3) is 7.52. The number of nitrogens with one attached hydrogen (secondary N) is 1. The summed E-state index contributed by atoms with van der Waals surface area (Å²) >= 11 is 3.86. The molecule has 1 atom stereocenters. The molecule has 0 saturated carbocycles. The van der Waals surface area contributed by atoms with Crippen LogP contribution in [0, 0.1) is 0 Å². The Hall–Kier alpha value is -2.43. The van der Waals surface area contributed by atoms with E-state index >= 15 is 0 Å². The van der Waals surface area contributed by atoms with Gasteiger partial charge in [0.1, 0.15) is 11.8 Å². The largest absolute Gasteiger partial charge is 0.416 e. The van der Waals surface area contributed by atoms with Crippen LogP contribution in [0.1, 0.15) is 36.9 Å². The molecule has 1 fully saturated rings. The highest BCUT2D eigenvalue weighted by molar-refractivity contribution is 7.80. The van der Waals surface area contributed by atoms with Crippen LogP contribution in [-0.4, -0.2) is 66.7 Å². The van der Waals surface area contributed by atoms with E-state index in [-0.39, 0.29) is 0 Å². The van der Waals surface area contributed by atoms with Gasteiger partial charge in [-0.15, -0.1) is 12.6 Å². The maximum absolute atomic E-state index is 11.9. The Bertz CT molecular complexity index is 1070. The summed E-state index contributed by atoms with van der Waals surface area (Å²) in [4.78, 5) is 19.1. The average molecular weight is 507 g/mol. The maximum atomic E-state index is 11.9. The second kappa shape index (κ2) is 12.5. The number of anilines is 1. The van der Waals surface area contributed by atoms with Gasteiger partial charge in [0.2, 0.25) is 0 Å². The predicted octanol–water partition coefficient (Wildman–Crippen LogP) is 4.87. The molecule has 1 aliphatic heterocycles. The SMILES string of the molecule is CCC(CCNC)c1ncnc2cc(N3CCN(C)CC3)cnc12.FC(F)(F)c1ccc(S)cc1. The maximum Gasteiger partial charge on any atom is 0.416 e. The lowest BCUT2D eigenvalue weighted by Gasteiger charge is -2.33. The number of thiol groups is 1. The van der Waals surface area contributed by atoms with Crippen molar-refractivity contribution in [3.8, 4) is 0 Å². The van der Waals surface area contributed by atoms with Crippen LogP contribution in [-0.2, 0) is 6.18 Å². The number of likely N-dealkylation sites (N-methyl/N-ethyl adjacent to an activating group) is 1. The number of fused-ring (bicyclic) bond motifs is 1. The molecule has 0 amide bonds. The number of hydrogen-bond donors (Lipinski definition) is 2. The molecule has 4 rings (SSSR count). The van der Waals surface area contributed by atoms with E-state index in [1.54, 1.807) is 6.33 Å². The van der Waals surface area contributed by atoms with Gasteiger partial charge >= 0.3 is 6.18 Å². The van der Waals surface area contributed by atoms with E-state index in [2.05, 4.69) is 57.8 Å². The zero-order chi connectivity index (χ0) is 25.4. The number of nitrogens with zero attached hydrogens (tertiary/aromatic N) is 5. The Balaban J connectivity index is 0.000000261. The molecule has 1 N–H and O–H groups in total. The van der Waals surface area contributed by atoms with Gasteiger partial charge in [0.25, 0.3) is 0 Å². The highest BCUT2D eigenvalue weighted by atomic mass is 32.1. The third-order valence-electron chi connectivity index (χ3n) is 6.17. The van der Waals surface area contributed by atoms with Crippen molar-refractivity contribution in [2.75, 3.05) is 51.7 Å². The lowest BCUT2D eigenvalue weighted by molar-refractivity contribution is -0.137. The molecule has 0 aliphatic carbocycles. The molecular formula is C25H33F3N6S. The fourth-order valence-corrected chi connectivity index (χ4v) is 4.14. The minimum Gasteiger partial charge on any atom is -0.368 e. The van der Waals surface area contributed by atoms with Crippen molar-refractivity contribution in [1.82, 2.24) is 25.2 Å². The van der Waals surface area contributed by atoms with Crippen LogP contribution >= 0.6 is 12.6 Å². The smallest absolute Gasteiger partial charge is 0.368 e. The Morgan fingerprint density at radius 3 is 2.34 bits per heavy atom. The fraction of sp³-hybridized carbons (Fsp3) is 0.480. The van der Waals surface area contributed by atoms with Crippen LogP contribution in [0.25, 0.3) is 11.0 Å². The van der Waals surface area contributed by atoms with Gasteiger partial charge in [-0.05, 0) is 63.8 Å². The summed E-state index contributed by atoms with van der Waals surface area (Å²) < 4.78 is 35.7. The van der Waals surface area contributed by atoms with Crippen molar-refractivity contribution in [1.29, 1.82) is 0 Å². The Kier molecular flexibility index (Phi) is 9.71. The highest BCUT2D eigenvalue weighted by Gasteiger charge is 2.29. The Morgan fingerprint density at radius 2 is 1.74 bits per heavy atom. The summed E-state index contributed by atoms with van der Waals surface area (Å²) in [6.07, 6.45) is 1.57. The van der Waals surface area contributed by atoms with E-state index in [1.807, 2.05) is 13.2 Å². The molecule has 3 aromatic rings. The molecule has 1 saturated heterocycles.